The SMILES string of the molecule is O=C(N[C@@H](CO)[C@@H]1N=C(c2ccc(C(F)(F)F)cc2)NO1)c1ccc(COc2ccccc2)cc1. The Morgan fingerprint density at radius 2 is 1.74 bits per heavy atom. The van der Waals surface area contributed by atoms with Gasteiger partial charge in [-0.2, -0.15) is 13.2 Å². The minimum absolute atomic E-state index is 0.194. The van der Waals surface area contributed by atoms with Crippen LogP contribution >= 0.6 is 0 Å². The van der Waals surface area contributed by atoms with E-state index in [1.165, 1.54) is 12.1 Å². The Hall–Kier alpha value is -3.89. The van der Waals surface area contributed by atoms with Gasteiger partial charge < -0.3 is 15.2 Å². The van der Waals surface area contributed by atoms with Crippen molar-refractivity contribution in [2.75, 3.05) is 6.61 Å². The first-order chi connectivity index (χ1) is 16.8. The standard InChI is InChI=1S/C25H22F3N3O4/c26-25(27,28)19-12-10-17(11-13-19)22-30-24(35-31-22)21(14-32)29-23(33)18-8-6-16(7-9-18)15-34-20-4-2-1-3-5-20/h1-13,21,24,32H,14-15H2,(H,29,33)(H,30,31)/t21-,24+/m0/s1. The van der Waals surface area contributed by atoms with Crippen LogP contribution < -0.4 is 15.5 Å². The Balaban J connectivity index is 1.35. The van der Waals surface area contributed by atoms with Gasteiger partial charge in [-0.25, -0.2) is 15.3 Å². The third-order valence-electron chi connectivity index (χ3n) is 5.24. The zero-order chi connectivity index (χ0) is 24.8. The minimum Gasteiger partial charge on any atom is -0.489 e. The van der Waals surface area contributed by atoms with Crippen molar-refractivity contribution in [2.24, 2.45) is 4.99 Å². The number of aliphatic hydroxyl groups excluding tert-OH is 1. The predicted molar refractivity (Wildman–Crippen MR) is 122 cm³/mol. The Morgan fingerprint density at radius 1 is 1.06 bits per heavy atom. The molecule has 10 heteroatoms. The van der Waals surface area contributed by atoms with Crippen molar-refractivity contribution in [2.45, 2.75) is 25.1 Å². The van der Waals surface area contributed by atoms with Gasteiger partial charge in [0.25, 0.3) is 5.91 Å². The number of amidine groups is 1. The van der Waals surface area contributed by atoms with Crippen molar-refractivity contribution in [3.8, 4) is 5.75 Å². The highest BCUT2D eigenvalue weighted by Gasteiger charge is 2.32. The molecule has 0 radical (unpaired) electrons. The zero-order valence-corrected chi connectivity index (χ0v) is 18.3. The lowest BCUT2D eigenvalue weighted by Gasteiger charge is -2.19. The summed E-state index contributed by atoms with van der Waals surface area (Å²) in [6.45, 7) is -0.126. The number of hydroxylamine groups is 1. The van der Waals surface area contributed by atoms with Crippen LogP contribution in [0.5, 0.6) is 5.75 Å². The van der Waals surface area contributed by atoms with Crippen molar-refractivity contribution >= 4 is 11.7 Å². The molecule has 2 atom stereocenters. The molecule has 1 amide bonds. The fourth-order valence-corrected chi connectivity index (χ4v) is 3.31. The van der Waals surface area contributed by atoms with Gasteiger partial charge in [0.1, 0.15) is 18.4 Å². The first kappa shape index (κ1) is 24.2. The molecule has 0 saturated heterocycles. The average molecular weight is 485 g/mol. The summed E-state index contributed by atoms with van der Waals surface area (Å²) >= 11 is 0. The van der Waals surface area contributed by atoms with E-state index in [1.807, 2.05) is 30.3 Å². The number of alkyl halides is 3. The quantitative estimate of drug-likeness (QED) is 0.453. The highest BCUT2D eigenvalue weighted by molar-refractivity contribution is 5.99. The molecule has 0 aliphatic carbocycles. The topological polar surface area (TPSA) is 92.2 Å². The van der Waals surface area contributed by atoms with E-state index in [0.29, 0.717) is 17.7 Å². The molecule has 35 heavy (non-hydrogen) atoms. The third kappa shape index (κ3) is 6.17. The minimum atomic E-state index is -4.44. The number of aliphatic imine (C=N–C) groups is 1. The van der Waals surface area contributed by atoms with Crippen molar-refractivity contribution in [1.29, 1.82) is 0 Å². The lowest BCUT2D eigenvalue weighted by Crippen LogP contribution is -2.45. The number of nitrogens with one attached hydrogen (secondary N) is 2. The lowest BCUT2D eigenvalue weighted by molar-refractivity contribution is -0.137. The molecular weight excluding hydrogens is 463 g/mol. The number of nitrogens with zero attached hydrogens (tertiary/aromatic N) is 1. The van der Waals surface area contributed by atoms with Crippen LogP contribution in [0.25, 0.3) is 0 Å². The maximum Gasteiger partial charge on any atom is 0.416 e. The summed E-state index contributed by atoms with van der Waals surface area (Å²) in [4.78, 5) is 22.2. The van der Waals surface area contributed by atoms with Gasteiger partial charge >= 0.3 is 6.18 Å². The van der Waals surface area contributed by atoms with Gasteiger partial charge in [-0.3, -0.25) is 4.79 Å². The summed E-state index contributed by atoms with van der Waals surface area (Å²) in [6, 6.07) is 19.7. The fraction of sp³-hybridized carbons (Fsp3) is 0.200. The van der Waals surface area contributed by atoms with E-state index in [4.69, 9.17) is 9.57 Å². The van der Waals surface area contributed by atoms with Crippen LogP contribution in [-0.2, 0) is 17.6 Å². The van der Waals surface area contributed by atoms with Crippen LogP contribution in [0.15, 0.2) is 83.9 Å². The van der Waals surface area contributed by atoms with Gasteiger partial charge in [-0.1, -0.05) is 42.5 Å². The number of halogens is 3. The number of carbonyl (C=O) groups is 1. The van der Waals surface area contributed by atoms with E-state index in [0.717, 1.165) is 23.4 Å². The van der Waals surface area contributed by atoms with Gasteiger partial charge in [0.05, 0.1) is 12.2 Å². The van der Waals surface area contributed by atoms with Crippen molar-refractivity contribution < 1.29 is 32.6 Å². The molecule has 0 saturated carbocycles. The Morgan fingerprint density at radius 3 is 2.37 bits per heavy atom. The van der Waals surface area contributed by atoms with Gasteiger partial charge in [0.2, 0.25) is 0 Å². The van der Waals surface area contributed by atoms with Crippen molar-refractivity contribution in [3.05, 3.63) is 101 Å². The van der Waals surface area contributed by atoms with E-state index in [-0.39, 0.29) is 5.84 Å². The summed E-state index contributed by atoms with van der Waals surface area (Å²) < 4.78 is 44.0. The summed E-state index contributed by atoms with van der Waals surface area (Å²) in [5, 5.41) is 12.4. The highest BCUT2D eigenvalue weighted by Crippen LogP contribution is 2.29. The second-order valence-corrected chi connectivity index (χ2v) is 7.72. The van der Waals surface area contributed by atoms with Gasteiger partial charge in [-0.15, -0.1) is 0 Å². The average Bonchev–Trinajstić information content (AvgIpc) is 3.36. The number of carbonyl (C=O) groups excluding carboxylic acids is 1. The Labute approximate surface area is 199 Å². The maximum atomic E-state index is 12.8. The largest absolute Gasteiger partial charge is 0.489 e. The second kappa shape index (κ2) is 10.6. The van der Waals surface area contributed by atoms with Gasteiger partial charge in [-0.05, 0) is 42.0 Å². The van der Waals surface area contributed by atoms with E-state index >= 15 is 0 Å². The molecule has 0 unspecified atom stereocenters. The molecule has 1 aliphatic rings. The van der Waals surface area contributed by atoms with Crippen molar-refractivity contribution in [3.63, 3.8) is 0 Å². The summed E-state index contributed by atoms with van der Waals surface area (Å²) in [5.74, 6) is 0.488. The van der Waals surface area contributed by atoms with E-state index in [9.17, 15) is 23.1 Å². The number of hydrogen-bond donors (Lipinski definition) is 3. The normalized spacial score (nSPS) is 16.2. The maximum absolute atomic E-state index is 12.8. The molecule has 1 aliphatic heterocycles. The number of ether oxygens (including phenoxy) is 1. The molecule has 0 fully saturated rings. The lowest BCUT2D eigenvalue weighted by atomic mass is 10.1. The van der Waals surface area contributed by atoms with Crippen LogP contribution in [0.2, 0.25) is 0 Å². The summed E-state index contributed by atoms with van der Waals surface area (Å²) in [5.41, 5.74) is 3.37. The summed E-state index contributed by atoms with van der Waals surface area (Å²) in [7, 11) is 0. The van der Waals surface area contributed by atoms with E-state index in [1.54, 1.807) is 24.3 Å². The third-order valence-corrected chi connectivity index (χ3v) is 5.24. The van der Waals surface area contributed by atoms with Crippen LogP contribution in [0.4, 0.5) is 13.2 Å². The molecule has 0 aromatic heterocycles. The fourth-order valence-electron chi connectivity index (χ4n) is 3.31. The Bertz CT molecular complexity index is 1170. The van der Waals surface area contributed by atoms with Crippen molar-refractivity contribution in [1.82, 2.24) is 10.8 Å². The van der Waals surface area contributed by atoms with E-state index in [2.05, 4.69) is 15.8 Å². The van der Waals surface area contributed by atoms with Crippen LogP contribution in [0.1, 0.15) is 27.0 Å². The molecule has 182 valence electrons. The molecule has 1 heterocycles. The van der Waals surface area contributed by atoms with Crippen LogP contribution in [0, 0.1) is 0 Å². The van der Waals surface area contributed by atoms with Crippen LogP contribution in [-0.4, -0.2) is 35.7 Å². The van der Waals surface area contributed by atoms with Crippen LogP contribution in [0.3, 0.4) is 0 Å². The number of para-hydroxylation sites is 1. The molecular formula is C25H22F3N3O4. The first-order valence-corrected chi connectivity index (χ1v) is 10.7. The number of amides is 1. The number of benzene rings is 3. The smallest absolute Gasteiger partial charge is 0.416 e. The molecule has 3 aromatic rings. The molecule has 3 N–H and O–H groups in total. The Kier molecular flexibility index (Phi) is 7.33. The zero-order valence-electron chi connectivity index (χ0n) is 18.3. The second-order valence-electron chi connectivity index (χ2n) is 7.72. The number of rotatable bonds is 8. The van der Waals surface area contributed by atoms with E-state index < -0.39 is 36.5 Å². The first-order valence-electron chi connectivity index (χ1n) is 10.7. The molecule has 0 spiro atoms. The summed E-state index contributed by atoms with van der Waals surface area (Å²) in [6.07, 6.45) is -5.42. The monoisotopic (exact) mass is 485 g/mol. The molecule has 3 aromatic carbocycles. The van der Waals surface area contributed by atoms with Gasteiger partial charge in [0.15, 0.2) is 12.1 Å². The molecule has 0 bridgehead atoms. The molecule has 4 rings (SSSR count). The number of hydrogen-bond acceptors (Lipinski definition) is 6. The highest BCUT2D eigenvalue weighted by atomic mass is 19.4. The molecule has 7 nitrogen and oxygen atoms in total. The number of aliphatic hydroxyl groups is 1. The van der Waals surface area contributed by atoms with Gasteiger partial charge in [0, 0.05) is 11.1 Å². The predicted octanol–water partition coefficient (Wildman–Crippen LogP) is 3.68.